The van der Waals surface area contributed by atoms with E-state index in [0.29, 0.717) is 17.5 Å². The van der Waals surface area contributed by atoms with Crippen molar-refractivity contribution in [2.24, 2.45) is 0 Å². The minimum atomic E-state index is 0.640. The molecule has 0 amide bonds. The third-order valence-electron chi connectivity index (χ3n) is 11.5. The molecule has 0 saturated carbocycles. The third-order valence-corrected chi connectivity index (χ3v) is 11.5. The van der Waals surface area contributed by atoms with E-state index in [-0.39, 0.29) is 0 Å². The van der Waals surface area contributed by atoms with Gasteiger partial charge in [0.1, 0.15) is 0 Å². The van der Waals surface area contributed by atoms with E-state index in [0.717, 1.165) is 33.5 Å². The van der Waals surface area contributed by atoms with Crippen LogP contribution in [0.5, 0.6) is 0 Å². The summed E-state index contributed by atoms with van der Waals surface area (Å²) in [7, 11) is 0. The summed E-state index contributed by atoms with van der Waals surface area (Å²) in [5, 5.41) is 7.55. The Kier molecular flexibility index (Phi) is 7.16. The van der Waals surface area contributed by atoms with Crippen LogP contribution in [0, 0.1) is 0 Å². The topological polar surface area (TPSA) is 48.0 Å². The van der Waals surface area contributed by atoms with E-state index in [9.17, 15) is 0 Å². The summed E-state index contributed by atoms with van der Waals surface area (Å²) in [6.45, 7) is 0. The molecule has 0 fully saturated rings. The molecule has 4 aromatic heterocycles. The lowest BCUT2D eigenvalue weighted by molar-refractivity contribution is 1.07. The summed E-state index contributed by atoms with van der Waals surface area (Å²) in [4.78, 5) is 14.8. The maximum Gasteiger partial charge on any atom is 0.164 e. The lowest BCUT2D eigenvalue weighted by atomic mass is 10.00. The molecule has 0 aliphatic rings. The van der Waals surface area contributed by atoms with Crippen LogP contribution in [0.1, 0.15) is 0 Å². The van der Waals surface area contributed by atoms with Crippen molar-refractivity contribution in [3.05, 3.63) is 200 Å². The quantitative estimate of drug-likeness (QED) is 0.165. The molecule has 5 heteroatoms. The van der Waals surface area contributed by atoms with Gasteiger partial charge in [0.2, 0.25) is 0 Å². The minimum Gasteiger partial charge on any atom is -0.309 e. The predicted molar refractivity (Wildman–Crippen MR) is 239 cm³/mol. The first kappa shape index (κ1) is 32.4. The summed E-state index contributed by atoms with van der Waals surface area (Å²) < 4.78 is 4.86. The van der Waals surface area contributed by atoms with Crippen LogP contribution in [0.15, 0.2) is 200 Å². The van der Waals surface area contributed by atoms with Gasteiger partial charge in [0.05, 0.1) is 27.6 Å². The fraction of sp³-hybridized carbons (Fsp3) is 0. The van der Waals surface area contributed by atoms with E-state index in [4.69, 9.17) is 15.0 Å². The molecule has 0 bridgehead atoms. The molecule has 5 nitrogen and oxygen atoms in total. The van der Waals surface area contributed by atoms with Gasteiger partial charge in [0, 0.05) is 49.3 Å². The second kappa shape index (κ2) is 12.8. The van der Waals surface area contributed by atoms with Gasteiger partial charge in [-0.2, -0.15) is 0 Å². The molecule has 0 aliphatic carbocycles. The molecule has 12 rings (SSSR count). The Morgan fingerprint density at radius 3 is 1.55 bits per heavy atom. The summed E-state index contributed by atoms with van der Waals surface area (Å²) in [5.74, 6) is 1.94. The first-order valence-electron chi connectivity index (χ1n) is 19.6. The average Bonchev–Trinajstić information content (AvgIpc) is 3.86. The van der Waals surface area contributed by atoms with Crippen molar-refractivity contribution in [1.82, 2.24) is 23.9 Å². The molecule has 4 heterocycles. The van der Waals surface area contributed by atoms with Gasteiger partial charge in [-0.25, -0.2) is 15.0 Å². The fourth-order valence-corrected chi connectivity index (χ4v) is 8.90. The highest BCUT2D eigenvalue weighted by Crippen LogP contribution is 2.42. The molecule has 0 saturated heterocycles. The lowest BCUT2D eigenvalue weighted by Gasteiger charge is -2.13. The molecular formula is C53H33N5. The molecule has 58 heavy (non-hydrogen) atoms. The average molecular weight is 740 g/mol. The van der Waals surface area contributed by atoms with Gasteiger partial charge in [-0.15, -0.1) is 0 Å². The second-order valence-electron chi connectivity index (χ2n) is 14.8. The molecule has 12 aromatic rings. The normalized spacial score (nSPS) is 11.8. The van der Waals surface area contributed by atoms with Gasteiger partial charge in [-0.1, -0.05) is 152 Å². The van der Waals surface area contributed by atoms with Gasteiger partial charge in [-0.3, -0.25) is 0 Å². The van der Waals surface area contributed by atoms with Crippen LogP contribution in [0.3, 0.4) is 0 Å². The van der Waals surface area contributed by atoms with E-state index >= 15 is 0 Å². The van der Waals surface area contributed by atoms with Crippen molar-refractivity contribution >= 4 is 59.9 Å². The standard InChI is InChI=1S/C53H33N5/c1-3-14-35(15-4-1)51-54-52(36-16-5-2-6-17-36)56-53(55-51)39-20-13-19-37(32-39)34-26-28-40(29-27-34)57-45-25-12-10-23-43(45)50-46(57)30-31-47-49(50)42-22-9-8-21-41(42)48-33-38-18-7-11-24-44(38)58(47)48/h1-33H. The first-order valence-corrected chi connectivity index (χ1v) is 19.6. The summed E-state index contributed by atoms with van der Waals surface area (Å²) in [6.07, 6.45) is 0. The van der Waals surface area contributed by atoms with E-state index in [1.54, 1.807) is 0 Å². The number of aromatic nitrogens is 5. The van der Waals surface area contributed by atoms with Crippen LogP contribution < -0.4 is 0 Å². The van der Waals surface area contributed by atoms with Crippen molar-refractivity contribution in [2.45, 2.75) is 0 Å². The van der Waals surface area contributed by atoms with Crippen LogP contribution in [0.4, 0.5) is 0 Å². The molecule has 0 radical (unpaired) electrons. The third kappa shape index (κ3) is 5.00. The van der Waals surface area contributed by atoms with Crippen LogP contribution in [-0.2, 0) is 0 Å². The molecule has 0 aliphatic heterocycles. The molecule has 8 aromatic carbocycles. The molecule has 0 N–H and O–H groups in total. The highest BCUT2D eigenvalue weighted by Gasteiger charge is 2.20. The molecule has 270 valence electrons. The zero-order valence-corrected chi connectivity index (χ0v) is 31.3. The Labute approximate surface area is 333 Å². The summed E-state index contributed by atoms with van der Waals surface area (Å²) in [6, 6.07) is 70.9. The summed E-state index contributed by atoms with van der Waals surface area (Å²) >= 11 is 0. The van der Waals surface area contributed by atoms with Gasteiger partial charge < -0.3 is 8.97 Å². The van der Waals surface area contributed by atoms with E-state index < -0.39 is 0 Å². The largest absolute Gasteiger partial charge is 0.309 e. The fourth-order valence-electron chi connectivity index (χ4n) is 8.90. The number of hydrogen-bond acceptors (Lipinski definition) is 3. The highest BCUT2D eigenvalue weighted by atomic mass is 15.0. The number of rotatable bonds is 5. The van der Waals surface area contributed by atoms with Crippen molar-refractivity contribution in [2.75, 3.05) is 0 Å². The van der Waals surface area contributed by atoms with Gasteiger partial charge in [0.25, 0.3) is 0 Å². The van der Waals surface area contributed by atoms with Gasteiger partial charge in [-0.05, 0) is 65.0 Å². The Morgan fingerprint density at radius 2 is 0.828 bits per heavy atom. The number of fused-ring (bicyclic) bond motifs is 12. The maximum absolute atomic E-state index is 4.98. The SMILES string of the molecule is c1ccc(-c2nc(-c3ccccc3)nc(-c3cccc(-c4ccc(-n5c6ccccc6c6c7c8ccccc8c8cc9ccccc9n8c7ccc65)cc4)c3)n2)cc1. The van der Waals surface area contributed by atoms with Gasteiger partial charge >= 0.3 is 0 Å². The second-order valence-corrected chi connectivity index (χ2v) is 14.8. The number of nitrogens with zero attached hydrogens (tertiary/aromatic N) is 5. The maximum atomic E-state index is 4.98. The Hall–Kier alpha value is -7.89. The van der Waals surface area contributed by atoms with Crippen molar-refractivity contribution in [3.63, 3.8) is 0 Å². The van der Waals surface area contributed by atoms with Gasteiger partial charge in [0.15, 0.2) is 17.5 Å². The molecule has 0 unspecified atom stereocenters. The number of para-hydroxylation sites is 2. The lowest BCUT2D eigenvalue weighted by Crippen LogP contribution is -2.00. The smallest absolute Gasteiger partial charge is 0.164 e. The van der Waals surface area contributed by atoms with Crippen molar-refractivity contribution in [3.8, 4) is 51.0 Å². The van der Waals surface area contributed by atoms with Crippen LogP contribution in [-0.4, -0.2) is 23.9 Å². The Bertz CT molecular complexity index is 3490. The zero-order valence-electron chi connectivity index (χ0n) is 31.3. The van der Waals surface area contributed by atoms with Crippen molar-refractivity contribution < 1.29 is 0 Å². The summed E-state index contributed by atoms with van der Waals surface area (Å²) in [5.41, 5.74) is 12.2. The van der Waals surface area contributed by atoms with Crippen LogP contribution in [0.25, 0.3) is 111 Å². The van der Waals surface area contributed by atoms with Crippen molar-refractivity contribution in [1.29, 1.82) is 0 Å². The molecular weight excluding hydrogens is 707 g/mol. The van der Waals surface area contributed by atoms with E-state index in [2.05, 4.69) is 148 Å². The van der Waals surface area contributed by atoms with E-state index in [1.165, 1.54) is 59.9 Å². The van der Waals surface area contributed by atoms with Crippen LogP contribution >= 0.6 is 0 Å². The number of hydrogen-bond donors (Lipinski definition) is 0. The first-order chi connectivity index (χ1) is 28.8. The zero-order chi connectivity index (χ0) is 38.2. The predicted octanol–water partition coefficient (Wildman–Crippen LogP) is 13.3. The minimum absolute atomic E-state index is 0.640. The number of pyridine rings is 1. The van der Waals surface area contributed by atoms with E-state index in [1.807, 2.05) is 60.7 Å². The molecule has 0 atom stereocenters. The highest BCUT2D eigenvalue weighted by molar-refractivity contribution is 6.30. The molecule has 0 spiro atoms. The van der Waals surface area contributed by atoms with Crippen LogP contribution in [0.2, 0.25) is 0 Å². The number of benzene rings is 8. The monoisotopic (exact) mass is 739 g/mol. The Morgan fingerprint density at radius 1 is 0.293 bits per heavy atom. The Balaban J connectivity index is 1.00.